The number of nitrogens with zero attached hydrogens (tertiary/aromatic N) is 2. The van der Waals surface area contributed by atoms with Crippen LogP contribution in [0.5, 0.6) is 11.5 Å². The molecule has 3 N–H and O–H groups in total. The Morgan fingerprint density at radius 1 is 1.11 bits per heavy atom. The van der Waals surface area contributed by atoms with E-state index in [9.17, 15) is 4.79 Å². The van der Waals surface area contributed by atoms with Gasteiger partial charge in [0.05, 0.1) is 31.2 Å². The van der Waals surface area contributed by atoms with Gasteiger partial charge in [-0.05, 0) is 50.6 Å². The molecule has 1 aromatic heterocycles. The molecule has 0 saturated carbocycles. The highest BCUT2D eigenvalue weighted by atomic mass is 16.5. The third-order valence-corrected chi connectivity index (χ3v) is 6.07. The summed E-state index contributed by atoms with van der Waals surface area (Å²) in [7, 11) is 1.58. The third kappa shape index (κ3) is 5.43. The number of esters is 1. The van der Waals surface area contributed by atoms with Crippen LogP contribution in [0.3, 0.4) is 0 Å². The fourth-order valence-electron chi connectivity index (χ4n) is 4.37. The fraction of sp³-hybridized carbons (Fsp3) is 0.276. The number of nitrogen functional groups attached to an aromatic ring is 1. The number of aromatic nitrogens is 2. The van der Waals surface area contributed by atoms with Gasteiger partial charge in [-0.3, -0.25) is 14.9 Å². The van der Waals surface area contributed by atoms with E-state index in [1.54, 1.807) is 20.1 Å². The van der Waals surface area contributed by atoms with Gasteiger partial charge in [-0.2, -0.15) is 5.10 Å². The molecule has 8 heteroatoms. The van der Waals surface area contributed by atoms with Gasteiger partial charge in [0.2, 0.25) is 0 Å². The second kappa shape index (κ2) is 11.2. The Labute approximate surface area is 216 Å². The largest absolute Gasteiger partial charge is 0.495 e. The SMILES string of the molecule is CCOC(=O)Cc1ccccc1OCc1nn(C(C)C)c2ccc(-c3cccc(C(=N)N)c3OC)cc12. The van der Waals surface area contributed by atoms with Crippen molar-refractivity contribution < 1.29 is 19.0 Å². The summed E-state index contributed by atoms with van der Waals surface area (Å²) < 4.78 is 18.9. The van der Waals surface area contributed by atoms with Crippen LogP contribution >= 0.6 is 0 Å². The molecule has 8 nitrogen and oxygen atoms in total. The maximum atomic E-state index is 12.1. The quantitative estimate of drug-likeness (QED) is 0.174. The predicted octanol–water partition coefficient (Wildman–Crippen LogP) is 5.26. The van der Waals surface area contributed by atoms with Crippen LogP contribution in [-0.4, -0.2) is 35.3 Å². The number of hydrogen-bond donors (Lipinski definition) is 2. The molecule has 0 aliphatic carbocycles. The summed E-state index contributed by atoms with van der Waals surface area (Å²) in [6.07, 6.45) is 0.141. The Morgan fingerprint density at radius 3 is 2.59 bits per heavy atom. The van der Waals surface area contributed by atoms with Crippen molar-refractivity contribution in [1.29, 1.82) is 5.41 Å². The van der Waals surface area contributed by atoms with E-state index >= 15 is 0 Å². The van der Waals surface area contributed by atoms with E-state index in [1.807, 2.05) is 53.2 Å². The lowest BCUT2D eigenvalue weighted by Crippen LogP contribution is -2.12. The lowest BCUT2D eigenvalue weighted by atomic mass is 9.99. The molecular weight excluding hydrogens is 468 g/mol. The first-order valence-corrected chi connectivity index (χ1v) is 12.2. The molecule has 0 amide bonds. The van der Waals surface area contributed by atoms with Gasteiger partial charge in [0.15, 0.2) is 0 Å². The molecule has 0 aliphatic rings. The number of amidine groups is 1. The van der Waals surface area contributed by atoms with Gasteiger partial charge in [0.1, 0.15) is 29.6 Å². The van der Waals surface area contributed by atoms with Crippen LogP contribution in [0.15, 0.2) is 60.7 Å². The molecule has 192 valence electrons. The first-order chi connectivity index (χ1) is 17.8. The van der Waals surface area contributed by atoms with Gasteiger partial charge in [0, 0.05) is 22.6 Å². The van der Waals surface area contributed by atoms with E-state index in [0.717, 1.165) is 33.3 Å². The second-order valence-electron chi connectivity index (χ2n) is 8.90. The Hall–Kier alpha value is -4.33. The number of benzene rings is 3. The van der Waals surface area contributed by atoms with E-state index < -0.39 is 0 Å². The van der Waals surface area contributed by atoms with Gasteiger partial charge in [-0.15, -0.1) is 0 Å². The lowest BCUT2D eigenvalue weighted by Gasteiger charge is -2.13. The van der Waals surface area contributed by atoms with Crippen molar-refractivity contribution in [3.8, 4) is 22.6 Å². The number of fused-ring (bicyclic) bond motifs is 1. The van der Waals surface area contributed by atoms with E-state index in [0.29, 0.717) is 23.7 Å². The van der Waals surface area contributed by atoms with Crippen molar-refractivity contribution in [2.24, 2.45) is 5.73 Å². The predicted molar refractivity (Wildman–Crippen MR) is 144 cm³/mol. The summed E-state index contributed by atoms with van der Waals surface area (Å²) in [5, 5.41) is 13.7. The summed E-state index contributed by atoms with van der Waals surface area (Å²) in [6.45, 7) is 6.52. The van der Waals surface area contributed by atoms with Crippen LogP contribution in [0.2, 0.25) is 0 Å². The number of carbonyl (C=O) groups excluding carboxylic acids is 1. The van der Waals surface area contributed by atoms with Crippen molar-refractivity contribution in [1.82, 2.24) is 9.78 Å². The van der Waals surface area contributed by atoms with Gasteiger partial charge in [-0.25, -0.2) is 0 Å². The molecule has 4 aromatic rings. The number of ether oxygens (including phenoxy) is 3. The molecule has 4 rings (SSSR count). The Balaban J connectivity index is 1.73. The maximum absolute atomic E-state index is 12.1. The number of nitrogens with two attached hydrogens (primary N) is 1. The lowest BCUT2D eigenvalue weighted by molar-refractivity contribution is -0.142. The minimum atomic E-state index is -0.292. The van der Waals surface area contributed by atoms with Crippen LogP contribution in [0.1, 0.15) is 43.6 Å². The minimum Gasteiger partial charge on any atom is -0.495 e. The standard InChI is InChI=1S/C29H32N4O4/c1-5-36-27(34)16-20-9-6-7-12-26(20)37-17-24-23-15-19(13-14-25(23)33(32-24)18(2)3)21-10-8-11-22(29(30)31)28(21)35-4/h6-15,18H,5,16-17H2,1-4H3,(H3,30,31). The normalized spacial score (nSPS) is 11.1. The average molecular weight is 501 g/mol. The molecule has 37 heavy (non-hydrogen) atoms. The highest BCUT2D eigenvalue weighted by Gasteiger charge is 2.18. The van der Waals surface area contributed by atoms with Crippen LogP contribution in [0.25, 0.3) is 22.0 Å². The highest BCUT2D eigenvalue weighted by Crippen LogP contribution is 2.36. The molecular formula is C29H32N4O4. The van der Waals surface area contributed by atoms with Crippen LogP contribution in [0, 0.1) is 5.41 Å². The summed E-state index contributed by atoms with van der Waals surface area (Å²) in [6, 6.07) is 19.3. The van der Waals surface area contributed by atoms with Crippen LogP contribution in [0.4, 0.5) is 0 Å². The number of rotatable bonds is 10. The Bertz CT molecular complexity index is 1440. The van der Waals surface area contributed by atoms with Crippen LogP contribution in [-0.2, 0) is 22.6 Å². The topological polar surface area (TPSA) is 112 Å². The van der Waals surface area contributed by atoms with Crippen molar-refractivity contribution in [3.05, 3.63) is 77.5 Å². The smallest absolute Gasteiger partial charge is 0.310 e. The zero-order chi connectivity index (χ0) is 26.5. The van der Waals surface area contributed by atoms with Gasteiger partial charge in [-0.1, -0.05) is 36.4 Å². The maximum Gasteiger partial charge on any atom is 0.310 e. The summed E-state index contributed by atoms with van der Waals surface area (Å²) in [5.74, 6) is 0.827. The summed E-state index contributed by atoms with van der Waals surface area (Å²) in [4.78, 5) is 12.1. The monoisotopic (exact) mass is 500 g/mol. The third-order valence-electron chi connectivity index (χ3n) is 6.07. The van der Waals surface area contributed by atoms with Gasteiger partial charge >= 0.3 is 5.97 Å². The summed E-state index contributed by atoms with van der Waals surface area (Å²) >= 11 is 0. The number of methoxy groups -OCH3 is 1. The molecule has 0 spiro atoms. The van der Waals surface area contributed by atoms with E-state index in [1.165, 1.54) is 0 Å². The molecule has 0 fully saturated rings. The molecule has 0 bridgehead atoms. The average Bonchev–Trinajstić information content (AvgIpc) is 3.26. The molecule has 0 radical (unpaired) electrons. The fourth-order valence-corrected chi connectivity index (χ4v) is 4.37. The molecule has 0 atom stereocenters. The summed E-state index contributed by atoms with van der Waals surface area (Å²) in [5.41, 5.74) is 10.6. The van der Waals surface area contributed by atoms with E-state index in [2.05, 4.69) is 19.9 Å². The number of para-hydroxylation sites is 2. The first-order valence-electron chi connectivity index (χ1n) is 12.2. The zero-order valence-corrected chi connectivity index (χ0v) is 21.6. The minimum absolute atomic E-state index is 0.0528. The number of hydrogen-bond acceptors (Lipinski definition) is 6. The van der Waals surface area contributed by atoms with E-state index in [-0.39, 0.29) is 30.9 Å². The Morgan fingerprint density at radius 2 is 1.89 bits per heavy atom. The number of nitrogens with one attached hydrogen (secondary N) is 1. The molecule has 0 unspecified atom stereocenters. The molecule has 3 aromatic carbocycles. The highest BCUT2D eigenvalue weighted by molar-refractivity contribution is 6.00. The Kier molecular flexibility index (Phi) is 7.77. The molecule has 0 saturated heterocycles. The van der Waals surface area contributed by atoms with Crippen molar-refractivity contribution in [3.63, 3.8) is 0 Å². The van der Waals surface area contributed by atoms with Crippen molar-refractivity contribution >= 4 is 22.7 Å². The van der Waals surface area contributed by atoms with Crippen molar-refractivity contribution in [2.45, 2.75) is 39.8 Å². The van der Waals surface area contributed by atoms with Gasteiger partial charge < -0.3 is 19.9 Å². The van der Waals surface area contributed by atoms with Crippen molar-refractivity contribution in [2.75, 3.05) is 13.7 Å². The van der Waals surface area contributed by atoms with E-state index in [4.69, 9.17) is 30.5 Å². The molecule has 1 heterocycles. The second-order valence-corrected chi connectivity index (χ2v) is 8.90. The first kappa shape index (κ1) is 25.8. The zero-order valence-electron chi connectivity index (χ0n) is 21.6. The van der Waals surface area contributed by atoms with Gasteiger partial charge in [0.25, 0.3) is 0 Å². The molecule has 0 aliphatic heterocycles. The van der Waals surface area contributed by atoms with Crippen LogP contribution < -0.4 is 15.2 Å². The number of carbonyl (C=O) groups is 1.